The maximum atomic E-state index is 13.1. The van der Waals surface area contributed by atoms with Gasteiger partial charge in [0, 0.05) is 31.0 Å². The van der Waals surface area contributed by atoms with E-state index in [0.717, 1.165) is 49.5 Å². The fourth-order valence-corrected chi connectivity index (χ4v) is 2.74. The topological polar surface area (TPSA) is 21.3 Å². The second-order valence-corrected chi connectivity index (χ2v) is 6.66. The zero-order valence-corrected chi connectivity index (χ0v) is 13.0. The Bertz CT molecular complexity index is 450. The van der Waals surface area contributed by atoms with Crippen molar-refractivity contribution in [1.29, 1.82) is 0 Å². The smallest absolute Gasteiger partial charge is 0.123 e. The SMILES string of the molecule is CC(C)(CCCCl)CNCC1Cc2cc(F)ccc2O1. The van der Waals surface area contributed by atoms with Crippen molar-refractivity contribution in [2.75, 3.05) is 19.0 Å². The highest BCUT2D eigenvalue weighted by atomic mass is 35.5. The minimum absolute atomic E-state index is 0.107. The molecule has 4 heteroatoms. The van der Waals surface area contributed by atoms with Crippen molar-refractivity contribution in [2.45, 2.75) is 39.2 Å². The summed E-state index contributed by atoms with van der Waals surface area (Å²) in [6.07, 6.45) is 3.04. The van der Waals surface area contributed by atoms with Crippen LogP contribution in [0.4, 0.5) is 4.39 Å². The van der Waals surface area contributed by atoms with Crippen molar-refractivity contribution in [3.8, 4) is 5.75 Å². The molecule has 0 fully saturated rings. The van der Waals surface area contributed by atoms with Crippen molar-refractivity contribution in [3.05, 3.63) is 29.6 Å². The highest BCUT2D eigenvalue weighted by Gasteiger charge is 2.24. The van der Waals surface area contributed by atoms with Crippen molar-refractivity contribution in [3.63, 3.8) is 0 Å². The second-order valence-electron chi connectivity index (χ2n) is 6.28. The van der Waals surface area contributed by atoms with E-state index in [0.29, 0.717) is 0 Å². The summed E-state index contributed by atoms with van der Waals surface area (Å²) in [7, 11) is 0. The van der Waals surface area contributed by atoms with Crippen LogP contribution in [0.3, 0.4) is 0 Å². The first-order valence-corrected chi connectivity index (χ1v) is 7.75. The van der Waals surface area contributed by atoms with Gasteiger partial charge in [0.2, 0.25) is 0 Å². The van der Waals surface area contributed by atoms with Crippen molar-refractivity contribution in [2.24, 2.45) is 5.41 Å². The highest BCUT2D eigenvalue weighted by molar-refractivity contribution is 6.17. The zero-order chi connectivity index (χ0) is 14.6. The molecule has 1 atom stereocenters. The van der Waals surface area contributed by atoms with E-state index in [1.807, 2.05) is 0 Å². The molecule has 0 saturated heterocycles. The van der Waals surface area contributed by atoms with E-state index in [1.54, 1.807) is 12.1 Å². The number of halogens is 2. The molecular formula is C16H23ClFNO. The van der Waals surface area contributed by atoms with Gasteiger partial charge in [0.05, 0.1) is 0 Å². The van der Waals surface area contributed by atoms with Crippen LogP contribution in [0.25, 0.3) is 0 Å². The number of alkyl halides is 1. The van der Waals surface area contributed by atoms with Crippen LogP contribution in [-0.2, 0) is 6.42 Å². The number of nitrogens with one attached hydrogen (secondary N) is 1. The second kappa shape index (κ2) is 6.77. The standard InChI is InChI=1S/C16H23ClFNO/c1-16(2,6-3-7-17)11-19-10-14-9-12-8-13(18)4-5-15(12)20-14/h4-5,8,14,19H,3,6-7,9-11H2,1-2H3. The van der Waals surface area contributed by atoms with E-state index in [4.69, 9.17) is 16.3 Å². The van der Waals surface area contributed by atoms with Crippen LogP contribution in [0, 0.1) is 11.2 Å². The Morgan fingerprint density at radius 1 is 1.45 bits per heavy atom. The number of hydrogen-bond donors (Lipinski definition) is 1. The maximum Gasteiger partial charge on any atom is 0.123 e. The van der Waals surface area contributed by atoms with Crippen molar-refractivity contribution >= 4 is 11.6 Å². The Morgan fingerprint density at radius 3 is 3.00 bits per heavy atom. The van der Waals surface area contributed by atoms with Gasteiger partial charge >= 0.3 is 0 Å². The van der Waals surface area contributed by atoms with Crippen LogP contribution in [0.2, 0.25) is 0 Å². The van der Waals surface area contributed by atoms with Crippen LogP contribution in [0.15, 0.2) is 18.2 Å². The van der Waals surface area contributed by atoms with Crippen molar-refractivity contribution < 1.29 is 9.13 Å². The predicted octanol–water partition coefficient (Wildman–Crippen LogP) is 3.76. The Morgan fingerprint density at radius 2 is 2.25 bits per heavy atom. The summed E-state index contributed by atoms with van der Waals surface area (Å²) in [5, 5.41) is 3.46. The fraction of sp³-hybridized carbons (Fsp3) is 0.625. The van der Waals surface area contributed by atoms with E-state index in [1.165, 1.54) is 6.07 Å². The molecule has 1 aromatic carbocycles. The third-order valence-corrected chi connectivity index (χ3v) is 3.99. The maximum absolute atomic E-state index is 13.1. The lowest BCUT2D eigenvalue weighted by Gasteiger charge is -2.25. The first-order chi connectivity index (χ1) is 9.50. The lowest BCUT2D eigenvalue weighted by Crippen LogP contribution is -2.36. The van der Waals surface area contributed by atoms with Crippen LogP contribution in [0.5, 0.6) is 5.75 Å². The number of fused-ring (bicyclic) bond motifs is 1. The Labute approximate surface area is 125 Å². The van der Waals surface area contributed by atoms with E-state index in [2.05, 4.69) is 19.2 Å². The van der Waals surface area contributed by atoms with Gasteiger partial charge in [-0.15, -0.1) is 11.6 Å². The van der Waals surface area contributed by atoms with Gasteiger partial charge in [0.1, 0.15) is 17.7 Å². The molecule has 1 unspecified atom stereocenters. The summed E-state index contributed by atoms with van der Waals surface area (Å²) in [5.41, 5.74) is 1.21. The molecule has 1 heterocycles. The zero-order valence-electron chi connectivity index (χ0n) is 12.2. The lowest BCUT2D eigenvalue weighted by atomic mass is 9.88. The molecule has 0 aliphatic carbocycles. The van der Waals surface area contributed by atoms with Crippen molar-refractivity contribution in [1.82, 2.24) is 5.32 Å². The number of benzene rings is 1. The normalized spacial score (nSPS) is 17.9. The average Bonchev–Trinajstić information content (AvgIpc) is 2.78. The molecule has 1 aromatic rings. The molecule has 0 bridgehead atoms. The van der Waals surface area contributed by atoms with Gasteiger partial charge in [0.15, 0.2) is 0 Å². The molecule has 0 radical (unpaired) electrons. The van der Waals surface area contributed by atoms with Gasteiger partial charge in [-0.25, -0.2) is 4.39 Å². The van der Waals surface area contributed by atoms with Crippen LogP contribution >= 0.6 is 11.6 Å². The first-order valence-electron chi connectivity index (χ1n) is 7.22. The number of hydrogen-bond acceptors (Lipinski definition) is 2. The Hall–Kier alpha value is -0.800. The molecule has 2 rings (SSSR count). The molecule has 0 amide bonds. The molecule has 0 aromatic heterocycles. The third kappa shape index (κ3) is 4.35. The predicted molar refractivity (Wildman–Crippen MR) is 81.1 cm³/mol. The van der Waals surface area contributed by atoms with Gasteiger partial charge in [0.25, 0.3) is 0 Å². The largest absolute Gasteiger partial charge is 0.488 e. The van der Waals surface area contributed by atoms with E-state index < -0.39 is 0 Å². The summed E-state index contributed by atoms with van der Waals surface area (Å²) < 4.78 is 18.9. The molecule has 1 aliphatic heterocycles. The molecule has 0 saturated carbocycles. The van der Waals surface area contributed by atoms with Gasteiger partial charge in [-0.05, 0) is 36.5 Å². The van der Waals surface area contributed by atoms with Crippen LogP contribution in [-0.4, -0.2) is 25.1 Å². The van der Waals surface area contributed by atoms with Crippen LogP contribution < -0.4 is 10.1 Å². The van der Waals surface area contributed by atoms with E-state index >= 15 is 0 Å². The lowest BCUT2D eigenvalue weighted by molar-refractivity contribution is 0.214. The fourth-order valence-electron chi connectivity index (χ4n) is 2.61. The summed E-state index contributed by atoms with van der Waals surface area (Å²) in [6.45, 7) is 6.22. The summed E-state index contributed by atoms with van der Waals surface area (Å²) >= 11 is 5.74. The van der Waals surface area contributed by atoms with Gasteiger partial charge in [-0.1, -0.05) is 13.8 Å². The van der Waals surface area contributed by atoms with Gasteiger partial charge in [-0.2, -0.15) is 0 Å². The van der Waals surface area contributed by atoms with E-state index in [9.17, 15) is 4.39 Å². The number of rotatable bonds is 7. The quantitative estimate of drug-likeness (QED) is 0.774. The highest BCUT2D eigenvalue weighted by Crippen LogP contribution is 2.29. The Kier molecular flexibility index (Phi) is 5.28. The molecule has 0 spiro atoms. The van der Waals surface area contributed by atoms with Gasteiger partial charge in [-0.3, -0.25) is 0 Å². The molecular weight excluding hydrogens is 277 g/mol. The molecule has 2 nitrogen and oxygen atoms in total. The van der Waals surface area contributed by atoms with E-state index in [-0.39, 0.29) is 17.3 Å². The monoisotopic (exact) mass is 299 g/mol. The van der Waals surface area contributed by atoms with Crippen LogP contribution in [0.1, 0.15) is 32.3 Å². The first kappa shape index (κ1) is 15.6. The third-order valence-electron chi connectivity index (χ3n) is 3.73. The number of ether oxygens (including phenoxy) is 1. The minimum Gasteiger partial charge on any atom is -0.488 e. The molecule has 1 N–H and O–H groups in total. The minimum atomic E-state index is -0.192. The molecule has 20 heavy (non-hydrogen) atoms. The van der Waals surface area contributed by atoms with Gasteiger partial charge < -0.3 is 10.1 Å². The summed E-state index contributed by atoms with van der Waals surface area (Å²) in [5.74, 6) is 1.35. The molecule has 1 aliphatic rings. The average molecular weight is 300 g/mol. The molecule has 112 valence electrons. The Balaban J connectivity index is 1.74. The summed E-state index contributed by atoms with van der Waals surface area (Å²) in [4.78, 5) is 0. The summed E-state index contributed by atoms with van der Waals surface area (Å²) in [6, 6.07) is 4.73.